The molecule has 3 rings (SSSR count). The topological polar surface area (TPSA) is 59.3 Å². The van der Waals surface area contributed by atoms with Gasteiger partial charge in [-0.1, -0.05) is 6.07 Å². The fourth-order valence-electron chi connectivity index (χ4n) is 1.84. The highest BCUT2D eigenvalue weighted by Gasteiger charge is 2.10. The highest BCUT2D eigenvalue weighted by atomic mass is 16.1. The first-order valence-electron chi connectivity index (χ1n) is 5.89. The molecule has 1 N–H and O–H groups in total. The summed E-state index contributed by atoms with van der Waals surface area (Å²) in [7, 11) is 0. The van der Waals surface area contributed by atoms with Crippen molar-refractivity contribution in [3.05, 3.63) is 60.3 Å². The number of hydrogen-bond donors (Lipinski definition) is 1. The molecule has 0 aromatic carbocycles. The van der Waals surface area contributed by atoms with E-state index >= 15 is 0 Å². The van der Waals surface area contributed by atoms with Gasteiger partial charge in [0.25, 0.3) is 5.91 Å². The molecule has 0 unspecified atom stereocenters. The number of aryl methyl sites for hydroxylation is 1. The summed E-state index contributed by atoms with van der Waals surface area (Å²) in [5, 5.41) is 2.76. The van der Waals surface area contributed by atoms with Crippen LogP contribution < -0.4 is 5.32 Å². The average molecular weight is 252 g/mol. The third-order valence-electron chi connectivity index (χ3n) is 2.75. The Balaban J connectivity index is 1.89. The van der Waals surface area contributed by atoms with Gasteiger partial charge in [0.05, 0.1) is 11.9 Å². The normalized spacial score (nSPS) is 10.6. The second kappa shape index (κ2) is 4.53. The fourth-order valence-corrected chi connectivity index (χ4v) is 1.84. The van der Waals surface area contributed by atoms with Crippen LogP contribution in [0.5, 0.6) is 0 Å². The van der Waals surface area contributed by atoms with Crippen LogP contribution in [0.4, 0.5) is 5.69 Å². The molecule has 19 heavy (non-hydrogen) atoms. The molecular weight excluding hydrogens is 240 g/mol. The standard InChI is InChI=1S/C14H12N4O/c1-10-4-5-13-17-12(9-18(13)8-10)14(19)16-11-3-2-6-15-7-11/h2-9H,1H3,(H,16,19). The second-order valence-electron chi connectivity index (χ2n) is 4.29. The smallest absolute Gasteiger partial charge is 0.275 e. The summed E-state index contributed by atoms with van der Waals surface area (Å²) in [6.45, 7) is 1.99. The number of anilines is 1. The number of pyridine rings is 2. The Morgan fingerprint density at radius 1 is 1.26 bits per heavy atom. The first-order chi connectivity index (χ1) is 9.22. The number of aromatic nitrogens is 3. The molecular formula is C14H12N4O. The molecule has 3 aromatic rings. The Hall–Kier alpha value is -2.69. The van der Waals surface area contributed by atoms with E-state index in [-0.39, 0.29) is 5.91 Å². The van der Waals surface area contributed by atoms with E-state index in [1.165, 1.54) is 0 Å². The summed E-state index contributed by atoms with van der Waals surface area (Å²) in [4.78, 5) is 20.3. The van der Waals surface area contributed by atoms with E-state index in [1.807, 2.05) is 29.7 Å². The highest BCUT2D eigenvalue weighted by Crippen LogP contribution is 2.10. The first kappa shape index (κ1) is 11.4. The van der Waals surface area contributed by atoms with Gasteiger partial charge < -0.3 is 9.72 Å². The minimum atomic E-state index is -0.241. The van der Waals surface area contributed by atoms with Crippen LogP contribution in [-0.2, 0) is 0 Å². The molecule has 0 saturated carbocycles. The van der Waals surface area contributed by atoms with Gasteiger partial charge in [-0.15, -0.1) is 0 Å². The number of fused-ring (bicyclic) bond motifs is 1. The summed E-state index contributed by atoms with van der Waals surface area (Å²) < 4.78 is 1.84. The quantitative estimate of drug-likeness (QED) is 0.761. The van der Waals surface area contributed by atoms with Crippen LogP contribution in [0.2, 0.25) is 0 Å². The van der Waals surface area contributed by atoms with Crippen molar-refractivity contribution in [3.63, 3.8) is 0 Å². The molecule has 0 bridgehead atoms. The van der Waals surface area contributed by atoms with E-state index in [1.54, 1.807) is 30.7 Å². The van der Waals surface area contributed by atoms with Crippen molar-refractivity contribution < 1.29 is 4.79 Å². The summed E-state index contributed by atoms with van der Waals surface area (Å²) in [6.07, 6.45) is 6.90. The van der Waals surface area contributed by atoms with Gasteiger partial charge in [-0.25, -0.2) is 4.98 Å². The molecule has 3 aromatic heterocycles. The first-order valence-corrected chi connectivity index (χ1v) is 5.89. The summed E-state index contributed by atoms with van der Waals surface area (Å²) in [5.41, 5.74) is 2.90. The van der Waals surface area contributed by atoms with E-state index in [9.17, 15) is 4.79 Å². The molecule has 0 radical (unpaired) electrons. The maximum Gasteiger partial charge on any atom is 0.275 e. The highest BCUT2D eigenvalue weighted by molar-refractivity contribution is 6.03. The van der Waals surface area contributed by atoms with Crippen LogP contribution in [0.3, 0.4) is 0 Å². The lowest BCUT2D eigenvalue weighted by Gasteiger charge is -2.00. The molecule has 0 atom stereocenters. The molecule has 1 amide bonds. The van der Waals surface area contributed by atoms with Crippen molar-refractivity contribution in [1.29, 1.82) is 0 Å². The van der Waals surface area contributed by atoms with Crippen LogP contribution in [0.25, 0.3) is 5.65 Å². The third kappa shape index (κ3) is 2.30. The molecule has 94 valence electrons. The maximum absolute atomic E-state index is 12.1. The Labute approximate surface area is 109 Å². The third-order valence-corrected chi connectivity index (χ3v) is 2.75. The van der Waals surface area contributed by atoms with Crippen LogP contribution in [0.15, 0.2) is 49.1 Å². The van der Waals surface area contributed by atoms with Crippen molar-refractivity contribution in [2.75, 3.05) is 5.32 Å². The van der Waals surface area contributed by atoms with Gasteiger partial charge in [0.2, 0.25) is 0 Å². The minimum Gasteiger partial charge on any atom is -0.319 e. The lowest BCUT2D eigenvalue weighted by molar-refractivity contribution is 0.102. The van der Waals surface area contributed by atoms with Gasteiger partial charge in [0.15, 0.2) is 0 Å². The average Bonchev–Trinajstić information content (AvgIpc) is 2.83. The Morgan fingerprint density at radius 3 is 2.95 bits per heavy atom. The molecule has 0 aliphatic heterocycles. The van der Waals surface area contributed by atoms with E-state index in [2.05, 4.69) is 15.3 Å². The summed E-state index contributed by atoms with van der Waals surface area (Å²) in [6, 6.07) is 7.40. The molecule has 0 fully saturated rings. The number of carbonyl (C=O) groups is 1. The molecule has 0 saturated heterocycles. The van der Waals surface area contributed by atoms with E-state index in [0.29, 0.717) is 11.4 Å². The molecule has 5 nitrogen and oxygen atoms in total. The monoisotopic (exact) mass is 252 g/mol. The van der Waals surface area contributed by atoms with Crippen molar-refractivity contribution in [1.82, 2.24) is 14.4 Å². The lowest BCUT2D eigenvalue weighted by Crippen LogP contribution is -2.12. The van der Waals surface area contributed by atoms with E-state index in [4.69, 9.17) is 0 Å². The predicted molar refractivity (Wildman–Crippen MR) is 72.1 cm³/mol. The number of nitrogens with one attached hydrogen (secondary N) is 1. The number of imidazole rings is 1. The van der Waals surface area contributed by atoms with Crippen LogP contribution in [-0.4, -0.2) is 20.3 Å². The van der Waals surface area contributed by atoms with Crippen LogP contribution in [0.1, 0.15) is 16.1 Å². The molecule has 5 heteroatoms. The Morgan fingerprint density at radius 2 is 2.16 bits per heavy atom. The van der Waals surface area contributed by atoms with Gasteiger partial charge >= 0.3 is 0 Å². The zero-order chi connectivity index (χ0) is 13.2. The number of rotatable bonds is 2. The zero-order valence-electron chi connectivity index (χ0n) is 10.4. The fraction of sp³-hybridized carbons (Fsp3) is 0.0714. The predicted octanol–water partition coefficient (Wildman–Crippen LogP) is 2.29. The van der Waals surface area contributed by atoms with Crippen molar-refractivity contribution in [2.45, 2.75) is 6.92 Å². The number of amides is 1. The summed E-state index contributed by atoms with van der Waals surface area (Å²) in [5.74, 6) is -0.241. The Kier molecular flexibility index (Phi) is 2.72. The van der Waals surface area contributed by atoms with Gasteiger partial charge in [-0.3, -0.25) is 9.78 Å². The van der Waals surface area contributed by atoms with Gasteiger partial charge in [0, 0.05) is 18.6 Å². The zero-order valence-corrected chi connectivity index (χ0v) is 10.4. The van der Waals surface area contributed by atoms with Gasteiger partial charge in [-0.2, -0.15) is 0 Å². The van der Waals surface area contributed by atoms with Crippen molar-refractivity contribution in [2.24, 2.45) is 0 Å². The number of nitrogens with zero attached hydrogens (tertiary/aromatic N) is 3. The largest absolute Gasteiger partial charge is 0.319 e. The molecule has 0 aliphatic carbocycles. The van der Waals surface area contributed by atoms with Crippen LogP contribution >= 0.6 is 0 Å². The van der Waals surface area contributed by atoms with Crippen LogP contribution in [0, 0.1) is 6.92 Å². The maximum atomic E-state index is 12.1. The van der Waals surface area contributed by atoms with Gasteiger partial charge in [-0.05, 0) is 30.7 Å². The molecule has 3 heterocycles. The Bertz CT molecular complexity index is 734. The number of carbonyl (C=O) groups excluding carboxylic acids is 1. The van der Waals surface area contributed by atoms with E-state index < -0.39 is 0 Å². The van der Waals surface area contributed by atoms with Crippen molar-refractivity contribution >= 4 is 17.2 Å². The van der Waals surface area contributed by atoms with Gasteiger partial charge in [0.1, 0.15) is 11.3 Å². The second-order valence-corrected chi connectivity index (χ2v) is 4.29. The summed E-state index contributed by atoms with van der Waals surface area (Å²) >= 11 is 0. The van der Waals surface area contributed by atoms with Crippen molar-refractivity contribution in [3.8, 4) is 0 Å². The van der Waals surface area contributed by atoms with E-state index in [0.717, 1.165) is 11.2 Å². The SMILES string of the molecule is Cc1ccc2nc(C(=O)Nc3cccnc3)cn2c1. The minimum absolute atomic E-state index is 0.241. The lowest BCUT2D eigenvalue weighted by atomic mass is 10.3. The number of hydrogen-bond acceptors (Lipinski definition) is 3. The molecule has 0 aliphatic rings. The molecule has 0 spiro atoms.